The van der Waals surface area contributed by atoms with Crippen molar-refractivity contribution < 1.29 is 5.11 Å². The highest BCUT2D eigenvalue weighted by atomic mass is 35.5. The summed E-state index contributed by atoms with van der Waals surface area (Å²) >= 11 is 12.6. The molecule has 0 aliphatic carbocycles. The SMILES string of the molecule is OCc1ccc(CNc2cc(Cl)c(N=C3NCCN3)c(Cl)c2)cc1. The molecule has 0 aromatic heterocycles. The van der Waals surface area contributed by atoms with Crippen LogP contribution in [-0.2, 0) is 13.2 Å². The highest BCUT2D eigenvalue weighted by molar-refractivity contribution is 6.39. The largest absolute Gasteiger partial charge is 0.392 e. The summed E-state index contributed by atoms with van der Waals surface area (Å²) < 4.78 is 0. The zero-order valence-corrected chi connectivity index (χ0v) is 14.5. The van der Waals surface area contributed by atoms with Crippen molar-refractivity contribution in [2.75, 3.05) is 18.4 Å². The van der Waals surface area contributed by atoms with Crippen molar-refractivity contribution in [3.63, 3.8) is 0 Å². The molecule has 1 saturated heterocycles. The van der Waals surface area contributed by atoms with Crippen molar-refractivity contribution in [2.24, 2.45) is 4.99 Å². The molecule has 1 fully saturated rings. The van der Waals surface area contributed by atoms with Gasteiger partial charge in [0, 0.05) is 25.3 Å². The molecule has 7 heteroatoms. The van der Waals surface area contributed by atoms with E-state index >= 15 is 0 Å². The number of benzene rings is 2. The topological polar surface area (TPSA) is 68.7 Å². The maximum atomic E-state index is 9.06. The van der Waals surface area contributed by atoms with Crippen LogP contribution in [0.3, 0.4) is 0 Å². The van der Waals surface area contributed by atoms with Gasteiger partial charge in [-0.05, 0) is 23.3 Å². The lowest BCUT2D eigenvalue weighted by Gasteiger charge is -2.10. The second kappa shape index (κ2) is 7.75. The summed E-state index contributed by atoms with van der Waals surface area (Å²) in [6.07, 6.45) is 0. The number of nitrogens with one attached hydrogen (secondary N) is 3. The van der Waals surface area contributed by atoms with Crippen molar-refractivity contribution in [2.45, 2.75) is 13.2 Å². The first-order chi connectivity index (χ1) is 11.7. The average molecular weight is 365 g/mol. The molecule has 5 nitrogen and oxygen atoms in total. The van der Waals surface area contributed by atoms with E-state index in [0.29, 0.717) is 28.2 Å². The van der Waals surface area contributed by atoms with Gasteiger partial charge in [0.1, 0.15) is 5.69 Å². The van der Waals surface area contributed by atoms with Gasteiger partial charge in [-0.2, -0.15) is 0 Å². The smallest absolute Gasteiger partial charge is 0.196 e. The maximum absolute atomic E-state index is 9.06. The molecule has 0 amide bonds. The highest BCUT2D eigenvalue weighted by Gasteiger charge is 2.11. The first kappa shape index (κ1) is 16.9. The summed E-state index contributed by atoms with van der Waals surface area (Å²) in [4.78, 5) is 4.41. The lowest BCUT2D eigenvalue weighted by molar-refractivity contribution is 0.282. The van der Waals surface area contributed by atoms with Gasteiger partial charge in [0.05, 0.1) is 16.7 Å². The normalized spacial score (nSPS) is 13.4. The van der Waals surface area contributed by atoms with Gasteiger partial charge < -0.3 is 21.1 Å². The average Bonchev–Trinajstić information content (AvgIpc) is 3.10. The number of aliphatic hydroxyl groups excluding tert-OH is 1. The molecule has 0 radical (unpaired) electrons. The molecule has 1 aliphatic rings. The Bertz CT molecular complexity index is 716. The Morgan fingerprint density at radius 3 is 2.17 bits per heavy atom. The fraction of sp³-hybridized carbons (Fsp3) is 0.235. The molecule has 126 valence electrons. The molecule has 0 bridgehead atoms. The van der Waals surface area contributed by atoms with E-state index in [1.165, 1.54) is 0 Å². The van der Waals surface area contributed by atoms with Gasteiger partial charge in [0.2, 0.25) is 0 Å². The van der Waals surface area contributed by atoms with Crippen molar-refractivity contribution in [3.05, 3.63) is 57.6 Å². The molecule has 0 unspecified atom stereocenters. The van der Waals surface area contributed by atoms with Gasteiger partial charge in [-0.25, -0.2) is 4.99 Å². The van der Waals surface area contributed by atoms with E-state index < -0.39 is 0 Å². The minimum atomic E-state index is 0.0482. The standard InChI is InChI=1S/C17H18Cl2N4O/c18-14-7-13(22-9-11-1-3-12(10-24)4-2-11)8-15(19)16(14)23-17-20-5-6-21-17/h1-4,7-8,22,24H,5-6,9-10H2,(H2,20,21,23). The van der Waals surface area contributed by atoms with Crippen LogP contribution in [0.4, 0.5) is 11.4 Å². The molecule has 2 aromatic rings. The van der Waals surface area contributed by atoms with E-state index in [0.717, 1.165) is 29.9 Å². The molecule has 3 rings (SSSR count). The van der Waals surface area contributed by atoms with E-state index in [4.69, 9.17) is 28.3 Å². The van der Waals surface area contributed by atoms with Crippen LogP contribution in [0, 0.1) is 0 Å². The summed E-state index contributed by atoms with van der Waals surface area (Å²) in [7, 11) is 0. The van der Waals surface area contributed by atoms with Gasteiger partial charge in [-0.3, -0.25) is 0 Å². The Morgan fingerprint density at radius 1 is 1.00 bits per heavy atom. The summed E-state index contributed by atoms with van der Waals surface area (Å²) in [5.74, 6) is 0.684. The number of rotatable bonds is 5. The van der Waals surface area contributed by atoms with Gasteiger partial charge in [-0.1, -0.05) is 47.5 Å². The third-order valence-electron chi connectivity index (χ3n) is 3.65. The van der Waals surface area contributed by atoms with Crippen LogP contribution in [0.1, 0.15) is 11.1 Å². The highest BCUT2D eigenvalue weighted by Crippen LogP contribution is 2.36. The van der Waals surface area contributed by atoms with Gasteiger partial charge >= 0.3 is 0 Å². The first-order valence-corrected chi connectivity index (χ1v) is 8.39. The number of aliphatic hydroxyl groups is 1. The maximum Gasteiger partial charge on any atom is 0.196 e. The Kier molecular flexibility index (Phi) is 5.45. The Morgan fingerprint density at radius 2 is 1.58 bits per heavy atom. The molecule has 1 aliphatic heterocycles. The van der Waals surface area contributed by atoms with Gasteiger partial charge in [0.25, 0.3) is 0 Å². The molecule has 1 heterocycles. The Balaban J connectivity index is 1.71. The Labute approximate surface area is 150 Å². The molecular formula is C17H18Cl2N4O. The van der Waals surface area contributed by atoms with E-state index in [2.05, 4.69) is 20.9 Å². The summed E-state index contributed by atoms with van der Waals surface area (Å²) in [5, 5.41) is 19.6. The number of halogens is 2. The minimum absolute atomic E-state index is 0.0482. The van der Waals surface area contributed by atoms with Crippen LogP contribution in [0.2, 0.25) is 10.0 Å². The summed E-state index contributed by atoms with van der Waals surface area (Å²) in [6.45, 7) is 2.35. The van der Waals surface area contributed by atoms with Gasteiger partial charge in [0.15, 0.2) is 5.96 Å². The second-order valence-corrected chi connectivity index (χ2v) is 6.25. The molecule has 0 atom stereocenters. The number of nitrogens with zero attached hydrogens (tertiary/aromatic N) is 1. The molecule has 4 N–H and O–H groups in total. The molecule has 0 spiro atoms. The van der Waals surface area contributed by atoms with E-state index in [1.54, 1.807) is 0 Å². The van der Waals surface area contributed by atoms with E-state index in [1.807, 2.05) is 36.4 Å². The Hall–Kier alpha value is -1.95. The van der Waals surface area contributed by atoms with Crippen LogP contribution >= 0.6 is 23.2 Å². The summed E-state index contributed by atoms with van der Waals surface area (Å²) in [5.41, 5.74) is 3.37. The molecule has 0 saturated carbocycles. The number of aliphatic imine (C=N–C) groups is 1. The van der Waals surface area contributed by atoms with Crippen molar-refractivity contribution in [3.8, 4) is 0 Å². The number of hydrogen-bond donors (Lipinski definition) is 4. The monoisotopic (exact) mass is 364 g/mol. The predicted octanol–water partition coefficient (Wildman–Crippen LogP) is 3.28. The quantitative estimate of drug-likeness (QED) is 0.657. The first-order valence-electron chi connectivity index (χ1n) is 7.64. The predicted molar refractivity (Wildman–Crippen MR) is 99.3 cm³/mol. The number of guanidine groups is 1. The van der Waals surface area contributed by atoms with Crippen LogP contribution < -0.4 is 16.0 Å². The number of hydrogen-bond acceptors (Lipinski definition) is 3. The molecule has 24 heavy (non-hydrogen) atoms. The second-order valence-electron chi connectivity index (χ2n) is 5.43. The van der Waals surface area contributed by atoms with Crippen molar-refractivity contribution in [1.82, 2.24) is 10.6 Å². The van der Waals surface area contributed by atoms with Gasteiger partial charge in [-0.15, -0.1) is 0 Å². The minimum Gasteiger partial charge on any atom is -0.392 e. The van der Waals surface area contributed by atoms with Crippen LogP contribution in [0.15, 0.2) is 41.4 Å². The molecular weight excluding hydrogens is 347 g/mol. The lowest BCUT2D eigenvalue weighted by atomic mass is 10.1. The summed E-state index contributed by atoms with van der Waals surface area (Å²) in [6, 6.07) is 11.4. The zero-order valence-electron chi connectivity index (χ0n) is 12.9. The van der Waals surface area contributed by atoms with E-state index in [-0.39, 0.29) is 6.61 Å². The van der Waals surface area contributed by atoms with Crippen LogP contribution in [0.25, 0.3) is 0 Å². The fourth-order valence-corrected chi connectivity index (χ4v) is 2.93. The van der Waals surface area contributed by atoms with Crippen LogP contribution in [0.5, 0.6) is 0 Å². The fourth-order valence-electron chi connectivity index (χ4n) is 2.36. The van der Waals surface area contributed by atoms with Crippen LogP contribution in [-0.4, -0.2) is 24.2 Å². The van der Waals surface area contributed by atoms with Crippen molar-refractivity contribution in [1.29, 1.82) is 0 Å². The third kappa shape index (κ3) is 4.12. The molecule has 2 aromatic carbocycles. The van der Waals surface area contributed by atoms with E-state index in [9.17, 15) is 0 Å². The lowest BCUT2D eigenvalue weighted by Crippen LogP contribution is -2.23. The zero-order chi connectivity index (χ0) is 16.9. The third-order valence-corrected chi connectivity index (χ3v) is 4.23. The van der Waals surface area contributed by atoms with Crippen molar-refractivity contribution >= 4 is 40.5 Å². The number of anilines is 1.